The predicted molar refractivity (Wildman–Crippen MR) is 95.1 cm³/mol. The summed E-state index contributed by atoms with van der Waals surface area (Å²) in [5.74, 6) is 0.316. The molecule has 1 aromatic carbocycles. The zero-order chi connectivity index (χ0) is 17.7. The Morgan fingerprint density at radius 3 is 2.71 bits per heavy atom. The highest BCUT2D eigenvalue weighted by Crippen LogP contribution is 2.35. The molecule has 5 nitrogen and oxygen atoms in total. The number of unbranched alkanes of at least 4 members (excludes halogenated alkanes) is 1. The van der Waals surface area contributed by atoms with Crippen LogP contribution in [0.3, 0.4) is 0 Å². The SMILES string of the molecule is CCCCC(CC)c1ccccc1N1CC(N(C)C(C)=O)OC1=O. The number of hydrogen-bond donors (Lipinski definition) is 0. The number of cyclic esters (lactones) is 1. The first-order valence-electron chi connectivity index (χ1n) is 8.80. The molecule has 5 heteroatoms. The monoisotopic (exact) mass is 332 g/mol. The zero-order valence-electron chi connectivity index (χ0n) is 15.1. The number of likely N-dealkylation sites (N-methyl/N-ethyl adjacent to an activating group) is 1. The molecule has 0 N–H and O–H groups in total. The molecule has 0 spiro atoms. The van der Waals surface area contributed by atoms with Crippen molar-refractivity contribution < 1.29 is 14.3 Å². The maximum Gasteiger partial charge on any atom is 0.416 e. The normalized spacial score (nSPS) is 18.4. The summed E-state index contributed by atoms with van der Waals surface area (Å²) in [6, 6.07) is 8.05. The van der Waals surface area contributed by atoms with Crippen LogP contribution in [0.5, 0.6) is 0 Å². The lowest BCUT2D eigenvalue weighted by Crippen LogP contribution is -2.38. The van der Waals surface area contributed by atoms with Gasteiger partial charge in [-0.3, -0.25) is 9.69 Å². The van der Waals surface area contributed by atoms with Crippen LogP contribution in [0.2, 0.25) is 0 Å². The molecule has 2 amide bonds. The van der Waals surface area contributed by atoms with Crippen molar-refractivity contribution in [2.24, 2.45) is 0 Å². The van der Waals surface area contributed by atoms with E-state index in [9.17, 15) is 9.59 Å². The van der Waals surface area contributed by atoms with Crippen LogP contribution in [0.4, 0.5) is 10.5 Å². The van der Waals surface area contributed by atoms with Gasteiger partial charge in [-0.15, -0.1) is 0 Å². The lowest BCUT2D eigenvalue weighted by Gasteiger charge is -2.24. The number of anilines is 1. The second-order valence-electron chi connectivity index (χ2n) is 6.39. The van der Waals surface area contributed by atoms with Gasteiger partial charge in [0.15, 0.2) is 6.23 Å². The van der Waals surface area contributed by atoms with Gasteiger partial charge in [0.05, 0.1) is 12.2 Å². The molecule has 132 valence electrons. The maximum absolute atomic E-state index is 12.4. The van der Waals surface area contributed by atoms with Crippen molar-refractivity contribution in [1.29, 1.82) is 0 Å². The third-order valence-electron chi connectivity index (χ3n) is 4.79. The Morgan fingerprint density at radius 2 is 2.08 bits per heavy atom. The standard InChI is InChI=1S/C19H28N2O3/c1-5-7-10-15(6-2)16-11-8-9-12-17(16)21-13-18(24-19(21)23)20(4)14(3)22/h8-9,11-12,15,18H,5-7,10,13H2,1-4H3. The van der Waals surface area contributed by atoms with Crippen LogP contribution < -0.4 is 4.90 Å². The Hall–Kier alpha value is -2.04. The van der Waals surface area contributed by atoms with E-state index in [1.54, 1.807) is 11.9 Å². The highest BCUT2D eigenvalue weighted by Gasteiger charge is 2.37. The third-order valence-corrected chi connectivity index (χ3v) is 4.79. The number of para-hydroxylation sites is 1. The van der Waals surface area contributed by atoms with Crippen molar-refractivity contribution in [3.63, 3.8) is 0 Å². The van der Waals surface area contributed by atoms with E-state index in [2.05, 4.69) is 19.9 Å². The van der Waals surface area contributed by atoms with Crippen molar-refractivity contribution in [1.82, 2.24) is 4.90 Å². The van der Waals surface area contributed by atoms with Crippen molar-refractivity contribution >= 4 is 17.7 Å². The van der Waals surface area contributed by atoms with Gasteiger partial charge in [-0.2, -0.15) is 0 Å². The second-order valence-corrected chi connectivity index (χ2v) is 6.39. The quantitative estimate of drug-likeness (QED) is 0.754. The van der Waals surface area contributed by atoms with Gasteiger partial charge < -0.3 is 9.64 Å². The van der Waals surface area contributed by atoms with Crippen molar-refractivity contribution in [2.45, 2.75) is 58.6 Å². The first kappa shape index (κ1) is 18.3. The Morgan fingerprint density at radius 1 is 1.38 bits per heavy atom. The molecule has 0 aliphatic carbocycles. The predicted octanol–water partition coefficient (Wildman–Crippen LogP) is 4.13. The number of nitrogens with zero attached hydrogens (tertiary/aromatic N) is 2. The maximum atomic E-state index is 12.4. The molecule has 0 radical (unpaired) electrons. The van der Waals surface area contributed by atoms with E-state index in [0.717, 1.165) is 24.9 Å². The number of carbonyl (C=O) groups excluding carboxylic acids is 2. The number of hydrogen-bond acceptors (Lipinski definition) is 3. The van der Waals surface area contributed by atoms with E-state index in [1.807, 2.05) is 18.2 Å². The number of amides is 2. The van der Waals surface area contributed by atoms with Crippen LogP contribution in [-0.4, -0.2) is 36.7 Å². The molecule has 0 saturated carbocycles. The van der Waals surface area contributed by atoms with E-state index in [-0.39, 0.29) is 12.0 Å². The Labute approximate surface area is 144 Å². The average molecular weight is 332 g/mol. The largest absolute Gasteiger partial charge is 0.423 e. The van der Waals surface area contributed by atoms with Crippen LogP contribution in [-0.2, 0) is 9.53 Å². The molecule has 0 bridgehead atoms. The van der Waals surface area contributed by atoms with Crippen molar-refractivity contribution in [3.05, 3.63) is 29.8 Å². The van der Waals surface area contributed by atoms with Gasteiger partial charge in [0.25, 0.3) is 0 Å². The van der Waals surface area contributed by atoms with Crippen LogP contribution in [0.25, 0.3) is 0 Å². The van der Waals surface area contributed by atoms with Crippen LogP contribution in [0.15, 0.2) is 24.3 Å². The molecule has 0 aromatic heterocycles. The number of rotatable bonds is 7. The molecule has 2 unspecified atom stereocenters. The first-order valence-corrected chi connectivity index (χ1v) is 8.80. The number of carbonyl (C=O) groups is 2. The van der Waals surface area contributed by atoms with E-state index in [4.69, 9.17) is 4.74 Å². The van der Waals surface area contributed by atoms with E-state index < -0.39 is 6.23 Å². The molecule has 1 aliphatic rings. The Balaban J connectivity index is 2.26. The average Bonchev–Trinajstić information content (AvgIpc) is 2.96. The molecule has 1 aromatic rings. The van der Waals surface area contributed by atoms with Crippen molar-refractivity contribution in [3.8, 4) is 0 Å². The molecular weight excluding hydrogens is 304 g/mol. The second kappa shape index (κ2) is 8.18. The fourth-order valence-corrected chi connectivity index (χ4v) is 3.16. The van der Waals surface area contributed by atoms with Gasteiger partial charge in [0.1, 0.15) is 0 Å². The minimum Gasteiger partial charge on any atom is -0.423 e. The highest BCUT2D eigenvalue weighted by atomic mass is 16.6. The van der Waals surface area contributed by atoms with Crippen LogP contribution >= 0.6 is 0 Å². The third kappa shape index (κ3) is 3.89. The lowest BCUT2D eigenvalue weighted by atomic mass is 9.90. The number of benzene rings is 1. The number of ether oxygens (including phenoxy) is 1. The summed E-state index contributed by atoms with van der Waals surface area (Å²) < 4.78 is 5.39. The molecule has 24 heavy (non-hydrogen) atoms. The molecule has 2 atom stereocenters. The fraction of sp³-hybridized carbons (Fsp3) is 0.579. The summed E-state index contributed by atoms with van der Waals surface area (Å²) >= 11 is 0. The molecule has 1 saturated heterocycles. The summed E-state index contributed by atoms with van der Waals surface area (Å²) in [5, 5.41) is 0. The van der Waals surface area contributed by atoms with Crippen molar-refractivity contribution in [2.75, 3.05) is 18.5 Å². The van der Waals surface area contributed by atoms with E-state index in [1.165, 1.54) is 23.8 Å². The minimum absolute atomic E-state index is 0.114. The van der Waals surface area contributed by atoms with Crippen LogP contribution in [0.1, 0.15) is 57.9 Å². The van der Waals surface area contributed by atoms with Gasteiger partial charge in [-0.1, -0.05) is 44.9 Å². The van der Waals surface area contributed by atoms with Gasteiger partial charge in [-0.25, -0.2) is 4.79 Å². The highest BCUT2D eigenvalue weighted by molar-refractivity contribution is 5.91. The van der Waals surface area contributed by atoms with E-state index >= 15 is 0 Å². The Bertz CT molecular complexity index is 588. The summed E-state index contributed by atoms with van der Waals surface area (Å²) in [6.45, 7) is 6.23. The topological polar surface area (TPSA) is 49.9 Å². The summed E-state index contributed by atoms with van der Waals surface area (Å²) in [7, 11) is 1.66. The molecule has 2 rings (SSSR count). The lowest BCUT2D eigenvalue weighted by molar-refractivity contribution is -0.134. The van der Waals surface area contributed by atoms with Gasteiger partial charge in [0, 0.05) is 14.0 Å². The van der Waals surface area contributed by atoms with Gasteiger partial charge in [-0.05, 0) is 30.4 Å². The summed E-state index contributed by atoms with van der Waals surface area (Å²) in [4.78, 5) is 27.0. The molecule has 1 fully saturated rings. The zero-order valence-corrected chi connectivity index (χ0v) is 15.1. The summed E-state index contributed by atoms with van der Waals surface area (Å²) in [6.07, 6.45) is 3.58. The molecule has 1 heterocycles. The Kier molecular flexibility index (Phi) is 6.23. The fourth-order valence-electron chi connectivity index (χ4n) is 3.16. The van der Waals surface area contributed by atoms with Gasteiger partial charge >= 0.3 is 6.09 Å². The minimum atomic E-state index is -0.529. The van der Waals surface area contributed by atoms with E-state index in [0.29, 0.717) is 12.5 Å². The molecular formula is C19H28N2O3. The van der Waals surface area contributed by atoms with Gasteiger partial charge in [0.2, 0.25) is 5.91 Å². The van der Waals surface area contributed by atoms with Crippen LogP contribution in [0, 0.1) is 0 Å². The molecule has 1 aliphatic heterocycles. The smallest absolute Gasteiger partial charge is 0.416 e. The first-order chi connectivity index (χ1) is 11.5. The summed E-state index contributed by atoms with van der Waals surface area (Å²) in [5.41, 5.74) is 2.10.